The molecular weight excluding hydrogens is 257 g/mol. The van der Waals surface area contributed by atoms with E-state index in [0.717, 1.165) is 18.2 Å². The zero-order valence-corrected chi connectivity index (χ0v) is 9.88. The summed E-state index contributed by atoms with van der Waals surface area (Å²) in [7, 11) is 0. The van der Waals surface area contributed by atoms with Crippen LogP contribution in [0, 0.1) is 24.4 Å². The third-order valence-corrected chi connectivity index (χ3v) is 2.72. The first-order chi connectivity index (χ1) is 8.91. The standard InChI is InChI=1S/C14H9F3O2/c1-7-2-5-11(15)10(6-7)8-3-4-9(14(18)19)13(17)12(8)16/h2-6H,1H3,(H,18,19). The molecule has 0 unspecified atom stereocenters. The Morgan fingerprint density at radius 1 is 1.00 bits per heavy atom. The molecule has 0 radical (unpaired) electrons. The molecule has 0 heterocycles. The van der Waals surface area contributed by atoms with Gasteiger partial charge in [-0.25, -0.2) is 18.0 Å². The number of carboxylic acids is 1. The second-order valence-electron chi connectivity index (χ2n) is 4.08. The van der Waals surface area contributed by atoms with Gasteiger partial charge in [0, 0.05) is 11.1 Å². The number of aryl methyl sites for hydroxylation is 1. The van der Waals surface area contributed by atoms with Gasteiger partial charge in [0.25, 0.3) is 0 Å². The molecule has 98 valence electrons. The van der Waals surface area contributed by atoms with Crippen LogP contribution in [-0.4, -0.2) is 11.1 Å². The molecule has 0 aliphatic rings. The number of carbonyl (C=O) groups is 1. The molecule has 0 spiro atoms. The molecule has 0 saturated carbocycles. The number of halogens is 3. The monoisotopic (exact) mass is 266 g/mol. The van der Waals surface area contributed by atoms with Gasteiger partial charge < -0.3 is 5.11 Å². The molecule has 0 saturated heterocycles. The summed E-state index contributed by atoms with van der Waals surface area (Å²) < 4.78 is 41.0. The minimum atomic E-state index is -1.58. The fraction of sp³-hybridized carbons (Fsp3) is 0.0714. The minimum absolute atomic E-state index is 0.103. The molecule has 2 nitrogen and oxygen atoms in total. The average molecular weight is 266 g/mol. The van der Waals surface area contributed by atoms with E-state index >= 15 is 0 Å². The third-order valence-electron chi connectivity index (χ3n) is 2.72. The van der Waals surface area contributed by atoms with E-state index in [9.17, 15) is 18.0 Å². The van der Waals surface area contributed by atoms with Crippen LogP contribution in [0.4, 0.5) is 13.2 Å². The van der Waals surface area contributed by atoms with Crippen LogP contribution in [-0.2, 0) is 0 Å². The number of rotatable bonds is 2. The molecule has 2 aromatic carbocycles. The lowest BCUT2D eigenvalue weighted by Gasteiger charge is -2.08. The highest BCUT2D eigenvalue weighted by molar-refractivity contribution is 5.88. The normalized spacial score (nSPS) is 10.5. The Morgan fingerprint density at radius 2 is 1.68 bits per heavy atom. The van der Waals surface area contributed by atoms with Crippen molar-refractivity contribution in [1.82, 2.24) is 0 Å². The molecule has 1 N–H and O–H groups in total. The van der Waals surface area contributed by atoms with Gasteiger partial charge >= 0.3 is 5.97 Å². The van der Waals surface area contributed by atoms with Crippen molar-refractivity contribution < 1.29 is 23.1 Å². The van der Waals surface area contributed by atoms with Gasteiger partial charge in [-0.15, -0.1) is 0 Å². The zero-order chi connectivity index (χ0) is 14.2. The SMILES string of the molecule is Cc1ccc(F)c(-c2ccc(C(=O)O)c(F)c2F)c1. The van der Waals surface area contributed by atoms with E-state index in [1.807, 2.05) is 0 Å². The Bertz CT molecular complexity index is 666. The molecule has 5 heteroatoms. The van der Waals surface area contributed by atoms with Gasteiger partial charge in [-0.05, 0) is 25.1 Å². The molecule has 0 amide bonds. The van der Waals surface area contributed by atoms with E-state index < -0.39 is 29.0 Å². The number of carboxylic acid groups (broad SMARTS) is 1. The van der Waals surface area contributed by atoms with E-state index in [1.165, 1.54) is 12.1 Å². The van der Waals surface area contributed by atoms with Gasteiger partial charge in [0.05, 0.1) is 5.56 Å². The lowest BCUT2D eigenvalue weighted by molar-refractivity contribution is 0.0690. The smallest absolute Gasteiger partial charge is 0.338 e. The van der Waals surface area contributed by atoms with Crippen LogP contribution in [0.15, 0.2) is 30.3 Å². The van der Waals surface area contributed by atoms with Crippen molar-refractivity contribution in [1.29, 1.82) is 0 Å². The molecule has 0 atom stereocenters. The highest BCUT2D eigenvalue weighted by Crippen LogP contribution is 2.29. The summed E-state index contributed by atoms with van der Waals surface area (Å²) in [5, 5.41) is 8.67. The van der Waals surface area contributed by atoms with E-state index in [1.54, 1.807) is 6.92 Å². The van der Waals surface area contributed by atoms with Crippen molar-refractivity contribution >= 4 is 5.97 Å². The van der Waals surface area contributed by atoms with Crippen molar-refractivity contribution in [2.24, 2.45) is 0 Å². The summed E-state index contributed by atoms with van der Waals surface area (Å²) in [5.41, 5.74) is -0.509. The molecular formula is C14H9F3O2. The van der Waals surface area contributed by atoms with E-state index in [-0.39, 0.29) is 11.1 Å². The van der Waals surface area contributed by atoms with Crippen LogP contribution in [0.3, 0.4) is 0 Å². The topological polar surface area (TPSA) is 37.3 Å². The van der Waals surface area contributed by atoms with Gasteiger partial charge in [-0.3, -0.25) is 0 Å². The van der Waals surface area contributed by atoms with Crippen molar-refractivity contribution in [2.75, 3.05) is 0 Å². The molecule has 0 aliphatic heterocycles. The Labute approximate surface area is 107 Å². The number of hydrogen-bond acceptors (Lipinski definition) is 1. The lowest BCUT2D eigenvalue weighted by atomic mass is 10.0. The summed E-state index contributed by atoms with van der Waals surface area (Å²) in [6, 6.07) is 5.98. The molecule has 0 aromatic heterocycles. The summed E-state index contributed by atoms with van der Waals surface area (Å²) in [6.07, 6.45) is 0. The Hall–Kier alpha value is -2.30. The van der Waals surface area contributed by atoms with Crippen molar-refractivity contribution in [2.45, 2.75) is 6.92 Å². The summed E-state index contributed by atoms with van der Waals surface area (Å²) >= 11 is 0. The maximum absolute atomic E-state index is 13.8. The maximum atomic E-state index is 13.8. The molecule has 0 aliphatic carbocycles. The minimum Gasteiger partial charge on any atom is -0.478 e. The second-order valence-corrected chi connectivity index (χ2v) is 4.08. The fourth-order valence-corrected chi connectivity index (χ4v) is 1.77. The van der Waals surface area contributed by atoms with Crippen LogP contribution < -0.4 is 0 Å². The van der Waals surface area contributed by atoms with Gasteiger partial charge in [0.15, 0.2) is 11.6 Å². The second kappa shape index (κ2) is 4.76. The van der Waals surface area contributed by atoms with E-state index in [0.29, 0.717) is 5.56 Å². The number of aromatic carboxylic acids is 1. The van der Waals surface area contributed by atoms with Gasteiger partial charge in [0.2, 0.25) is 0 Å². The summed E-state index contributed by atoms with van der Waals surface area (Å²) in [5.74, 6) is -5.14. The molecule has 2 aromatic rings. The van der Waals surface area contributed by atoms with Gasteiger partial charge in [0.1, 0.15) is 5.82 Å². The first-order valence-electron chi connectivity index (χ1n) is 5.39. The lowest BCUT2D eigenvalue weighted by Crippen LogP contribution is -2.04. The van der Waals surface area contributed by atoms with Crippen molar-refractivity contribution in [3.8, 4) is 11.1 Å². The fourth-order valence-electron chi connectivity index (χ4n) is 1.77. The third kappa shape index (κ3) is 2.31. The molecule has 0 bridgehead atoms. The van der Waals surface area contributed by atoms with E-state index in [4.69, 9.17) is 5.11 Å². The van der Waals surface area contributed by atoms with Gasteiger partial charge in [-0.1, -0.05) is 17.7 Å². The van der Waals surface area contributed by atoms with Crippen molar-refractivity contribution in [3.05, 3.63) is 58.9 Å². The predicted octanol–water partition coefficient (Wildman–Crippen LogP) is 3.78. The van der Waals surface area contributed by atoms with Gasteiger partial charge in [-0.2, -0.15) is 0 Å². The van der Waals surface area contributed by atoms with Crippen LogP contribution in [0.1, 0.15) is 15.9 Å². The quantitative estimate of drug-likeness (QED) is 0.898. The van der Waals surface area contributed by atoms with Crippen molar-refractivity contribution in [3.63, 3.8) is 0 Å². The highest BCUT2D eigenvalue weighted by atomic mass is 19.2. The highest BCUT2D eigenvalue weighted by Gasteiger charge is 2.20. The van der Waals surface area contributed by atoms with Crippen LogP contribution in [0.25, 0.3) is 11.1 Å². The summed E-state index contributed by atoms with van der Waals surface area (Å²) in [6.45, 7) is 1.68. The summed E-state index contributed by atoms with van der Waals surface area (Å²) in [4.78, 5) is 10.7. The van der Waals surface area contributed by atoms with E-state index in [2.05, 4.69) is 0 Å². The first-order valence-corrected chi connectivity index (χ1v) is 5.39. The Morgan fingerprint density at radius 3 is 2.32 bits per heavy atom. The van der Waals surface area contributed by atoms with Crippen LogP contribution in [0.2, 0.25) is 0 Å². The number of hydrogen-bond donors (Lipinski definition) is 1. The zero-order valence-electron chi connectivity index (χ0n) is 9.88. The number of benzene rings is 2. The largest absolute Gasteiger partial charge is 0.478 e. The average Bonchev–Trinajstić information content (AvgIpc) is 2.35. The predicted molar refractivity (Wildman–Crippen MR) is 63.4 cm³/mol. The molecule has 0 fully saturated rings. The van der Waals surface area contributed by atoms with Crippen LogP contribution in [0.5, 0.6) is 0 Å². The Balaban J connectivity index is 2.67. The maximum Gasteiger partial charge on any atom is 0.338 e. The Kier molecular flexibility index (Phi) is 3.29. The first kappa shape index (κ1) is 13.1. The molecule has 2 rings (SSSR count). The molecule has 19 heavy (non-hydrogen) atoms. The van der Waals surface area contributed by atoms with Crippen LogP contribution >= 0.6 is 0 Å².